The van der Waals surface area contributed by atoms with Crippen molar-refractivity contribution in [1.29, 1.82) is 0 Å². The van der Waals surface area contributed by atoms with Gasteiger partial charge in [-0.25, -0.2) is 0 Å². The van der Waals surface area contributed by atoms with Crippen LogP contribution in [0, 0.1) is 0 Å². The first-order valence-electron chi connectivity index (χ1n) is 5.36. The fraction of sp³-hybridized carbons (Fsp3) is 0.500. The normalized spacial score (nSPS) is 18.3. The number of nitrogens with one attached hydrogen (secondary N) is 1. The van der Waals surface area contributed by atoms with Gasteiger partial charge in [-0.05, 0) is 48.8 Å². The molecule has 0 amide bonds. The first-order valence-corrected chi connectivity index (χ1v) is 6.15. The van der Waals surface area contributed by atoms with Crippen LogP contribution < -0.4 is 10.2 Å². The summed E-state index contributed by atoms with van der Waals surface area (Å²) in [4.78, 5) is 2.45. The number of rotatable bonds is 1. The number of para-hydroxylation sites is 1. The predicted molar refractivity (Wildman–Crippen MR) is 69.7 cm³/mol. The Morgan fingerprint density at radius 3 is 2.87 bits per heavy atom. The summed E-state index contributed by atoms with van der Waals surface area (Å²) in [6, 6.07) is 6.31. The lowest BCUT2D eigenvalue weighted by Crippen LogP contribution is -2.52. The summed E-state index contributed by atoms with van der Waals surface area (Å²) in [6.07, 6.45) is 0. The van der Waals surface area contributed by atoms with Crippen LogP contribution in [0.15, 0.2) is 22.7 Å². The molecule has 0 atom stereocenters. The van der Waals surface area contributed by atoms with Crippen molar-refractivity contribution < 1.29 is 0 Å². The zero-order valence-electron chi connectivity index (χ0n) is 9.47. The van der Waals surface area contributed by atoms with E-state index in [1.807, 2.05) is 0 Å². The summed E-state index contributed by atoms with van der Waals surface area (Å²) in [5.41, 5.74) is 2.69. The molecule has 0 aliphatic carbocycles. The second-order valence-corrected chi connectivity index (χ2v) is 5.40. The molecule has 1 aliphatic rings. The summed E-state index contributed by atoms with van der Waals surface area (Å²) >= 11 is 3.63. The minimum absolute atomic E-state index is 0.172. The number of hydrogen-bond acceptors (Lipinski definition) is 2. The molecule has 2 rings (SSSR count). The molecule has 0 saturated heterocycles. The Kier molecular flexibility index (Phi) is 2.67. The summed E-state index contributed by atoms with van der Waals surface area (Å²) < 4.78 is 1.17. The average molecular weight is 269 g/mol. The number of fused-ring (bicyclic) bond motifs is 1. The fourth-order valence-electron chi connectivity index (χ4n) is 2.23. The van der Waals surface area contributed by atoms with Gasteiger partial charge in [0, 0.05) is 17.6 Å². The molecule has 0 saturated carbocycles. The Labute approximate surface area is 99.8 Å². The van der Waals surface area contributed by atoms with Crippen molar-refractivity contribution in [2.75, 3.05) is 23.3 Å². The van der Waals surface area contributed by atoms with Crippen LogP contribution in [0.1, 0.15) is 20.8 Å². The summed E-state index contributed by atoms with van der Waals surface area (Å²) in [6.45, 7) is 8.77. The molecule has 2 nitrogen and oxygen atoms in total. The minimum atomic E-state index is 0.172. The van der Waals surface area contributed by atoms with E-state index >= 15 is 0 Å². The highest BCUT2D eigenvalue weighted by atomic mass is 79.9. The quantitative estimate of drug-likeness (QED) is 0.839. The topological polar surface area (TPSA) is 15.3 Å². The standard InChI is InChI=1S/C12H17BrN2/c1-4-15-11-9(13)6-5-7-10(11)14-8-12(15,2)3/h5-7,14H,4,8H2,1-3H3. The van der Waals surface area contributed by atoms with Gasteiger partial charge >= 0.3 is 0 Å². The van der Waals surface area contributed by atoms with Gasteiger partial charge in [0.25, 0.3) is 0 Å². The van der Waals surface area contributed by atoms with E-state index in [1.54, 1.807) is 0 Å². The Bertz CT molecular complexity index is 374. The van der Waals surface area contributed by atoms with Gasteiger partial charge < -0.3 is 10.2 Å². The Hall–Kier alpha value is -0.700. The molecule has 0 aromatic heterocycles. The smallest absolute Gasteiger partial charge is 0.0751 e. The van der Waals surface area contributed by atoms with Crippen LogP contribution in [0.2, 0.25) is 0 Å². The third-order valence-electron chi connectivity index (χ3n) is 3.02. The zero-order chi connectivity index (χ0) is 11.1. The lowest BCUT2D eigenvalue weighted by Gasteiger charge is -2.45. The third kappa shape index (κ3) is 1.73. The Morgan fingerprint density at radius 2 is 2.20 bits per heavy atom. The molecule has 0 fully saturated rings. The minimum Gasteiger partial charge on any atom is -0.381 e. The summed E-state index contributed by atoms with van der Waals surface area (Å²) in [5, 5.41) is 3.49. The maximum absolute atomic E-state index is 3.63. The molecule has 1 aromatic rings. The first kappa shape index (κ1) is 10.8. The first-order chi connectivity index (χ1) is 7.06. The van der Waals surface area contributed by atoms with Crippen LogP contribution in [0.5, 0.6) is 0 Å². The average Bonchev–Trinajstić information content (AvgIpc) is 2.18. The predicted octanol–water partition coefficient (Wildman–Crippen LogP) is 3.48. The van der Waals surface area contributed by atoms with E-state index in [4.69, 9.17) is 0 Å². The van der Waals surface area contributed by atoms with Crippen LogP contribution in [0.3, 0.4) is 0 Å². The summed E-state index contributed by atoms with van der Waals surface area (Å²) in [7, 11) is 0. The van der Waals surface area contributed by atoms with E-state index in [2.05, 4.69) is 65.1 Å². The number of hydrogen-bond donors (Lipinski definition) is 1. The number of benzene rings is 1. The fourth-order valence-corrected chi connectivity index (χ4v) is 2.81. The van der Waals surface area contributed by atoms with Crippen molar-refractivity contribution in [3.8, 4) is 0 Å². The van der Waals surface area contributed by atoms with Crippen molar-refractivity contribution in [2.45, 2.75) is 26.3 Å². The van der Waals surface area contributed by atoms with Crippen molar-refractivity contribution in [3.63, 3.8) is 0 Å². The Morgan fingerprint density at radius 1 is 1.47 bits per heavy atom. The van der Waals surface area contributed by atoms with Crippen LogP contribution in [-0.2, 0) is 0 Å². The highest BCUT2D eigenvalue weighted by molar-refractivity contribution is 9.10. The van der Waals surface area contributed by atoms with Gasteiger partial charge in [-0.3, -0.25) is 0 Å². The molecule has 0 radical (unpaired) electrons. The van der Waals surface area contributed by atoms with E-state index in [0.717, 1.165) is 13.1 Å². The lowest BCUT2D eigenvalue weighted by molar-refractivity contribution is 0.480. The lowest BCUT2D eigenvalue weighted by atomic mass is 9.98. The number of nitrogens with zero attached hydrogens (tertiary/aromatic N) is 1. The van der Waals surface area contributed by atoms with E-state index in [-0.39, 0.29) is 5.54 Å². The van der Waals surface area contributed by atoms with Crippen molar-refractivity contribution >= 4 is 27.3 Å². The maximum atomic E-state index is 3.63. The van der Waals surface area contributed by atoms with Gasteiger partial charge in [-0.1, -0.05) is 6.07 Å². The highest BCUT2D eigenvalue weighted by Gasteiger charge is 2.32. The van der Waals surface area contributed by atoms with Crippen LogP contribution in [-0.4, -0.2) is 18.6 Å². The largest absolute Gasteiger partial charge is 0.381 e. The highest BCUT2D eigenvalue weighted by Crippen LogP contribution is 2.40. The number of halogens is 1. The van der Waals surface area contributed by atoms with Gasteiger partial charge in [-0.2, -0.15) is 0 Å². The second kappa shape index (κ2) is 3.71. The van der Waals surface area contributed by atoms with Crippen LogP contribution in [0.25, 0.3) is 0 Å². The van der Waals surface area contributed by atoms with Crippen molar-refractivity contribution in [2.24, 2.45) is 0 Å². The molecular weight excluding hydrogens is 252 g/mol. The van der Waals surface area contributed by atoms with Gasteiger partial charge in [-0.15, -0.1) is 0 Å². The van der Waals surface area contributed by atoms with Crippen LogP contribution in [0.4, 0.5) is 11.4 Å². The molecule has 1 aliphatic heterocycles. The molecule has 1 N–H and O–H groups in total. The molecule has 0 bridgehead atoms. The Balaban J connectivity index is 2.54. The molecule has 0 unspecified atom stereocenters. The van der Waals surface area contributed by atoms with E-state index in [9.17, 15) is 0 Å². The van der Waals surface area contributed by atoms with Crippen molar-refractivity contribution in [3.05, 3.63) is 22.7 Å². The zero-order valence-corrected chi connectivity index (χ0v) is 11.1. The van der Waals surface area contributed by atoms with E-state index in [0.29, 0.717) is 0 Å². The molecule has 3 heteroatoms. The SMILES string of the molecule is CCN1c2c(Br)cccc2NCC1(C)C. The molecular formula is C12H17BrN2. The second-order valence-electron chi connectivity index (χ2n) is 4.55. The van der Waals surface area contributed by atoms with Gasteiger partial charge in [0.2, 0.25) is 0 Å². The van der Waals surface area contributed by atoms with Gasteiger partial charge in [0.15, 0.2) is 0 Å². The number of likely N-dealkylation sites (N-methyl/N-ethyl adjacent to an activating group) is 1. The molecule has 0 spiro atoms. The third-order valence-corrected chi connectivity index (χ3v) is 3.65. The molecule has 15 heavy (non-hydrogen) atoms. The van der Waals surface area contributed by atoms with E-state index < -0.39 is 0 Å². The van der Waals surface area contributed by atoms with Gasteiger partial charge in [0.1, 0.15) is 0 Å². The maximum Gasteiger partial charge on any atom is 0.0751 e. The van der Waals surface area contributed by atoms with Crippen molar-refractivity contribution in [1.82, 2.24) is 0 Å². The molecule has 82 valence electrons. The van der Waals surface area contributed by atoms with Gasteiger partial charge in [0.05, 0.1) is 16.9 Å². The number of anilines is 2. The summed E-state index contributed by atoms with van der Waals surface area (Å²) in [5.74, 6) is 0. The van der Waals surface area contributed by atoms with E-state index in [1.165, 1.54) is 15.8 Å². The molecule has 1 heterocycles. The van der Waals surface area contributed by atoms with Crippen LogP contribution >= 0.6 is 15.9 Å². The molecule has 1 aromatic carbocycles. The monoisotopic (exact) mass is 268 g/mol.